The molecule has 0 amide bonds. The lowest BCUT2D eigenvalue weighted by atomic mass is 10.2. The standard InChI is InChI=1S/C18H24N2O/c1-14(2)11-19-12-16-7-5-8-17(20-16)13-21-18-9-4-6-15(3)10-18/h4-10,14,19H,11-13H2,1-3H3. The summed E-state index contributed by atoms with van der Waals surface area (Å²) in [6.45, 7) is 8.77. The van der Waals surface area contributed by atoms with Crippen molar-refractivity contribution in [3.8, 4) is 5.75 Å². The van der Waals surface area contributed by atoms with E-state index in [0.29, 0.717) is 12.5 Å². The SMILES string of the molecule is Cc1cccc(OCc2cccc(CNCC(C)C)n2)c1. The van der Waals surface area contributed by atoms with Gasteiger partial charge in [0.2, 0.25) is 0 Å². The van der Waals surface area contributed by atoms with Gasteiger partial charge >= 0.3 is 0 Å². The second-order valence-corrected chi connectivity index (χ2v) is 5.75. The molecule has 1 aromatic carbocycles. The largest absolute Gasteiger partial charge is 0.487 e. The van der Waals surface area contributed by atoms with E-state index in [0.717, 1.165) is 30.2 Å². The average Bonchev–Trinajstić information content (AvgIpc) is 2.45. The van der Waals surface area contributed by atoms with Crippen molar-refractivity contribution in [1.29, 1.82) is 0 Å². The third kappa shape index (κ3) is 5.56. The van der Waals surface area contributed by atoms with E-state index in [9.17, 15) is 0 Å². The summed E-state index contributed by atoms with van der Waals surface area (Å²) in [6, 6.07) is 14.2. The van der Waals surface area contributed by atoms with Crippen LogP contribution in [0, 0.1) is 12.8 Å². The van der Waals surface area contributed by atoms with Gasteiger partial charge in [-0.3, -0.25) is 4.98 Å². The van der Waals surface area contributed by atoms with Crippen LogP contribution >= 0.6 is 0 Å². The van der Waals surface area contributed by atoms with E-state index in [-0.39, 0.29) is 0 Å². The number of ether oxygens (including phenoxy) is 1. The van der Waals surface area contributed by atoms with E-state index in [1.54, 1.807) is 0 Å². The van der Waals surface area contributed by atoms with Crippen molar-refractivity contribution >= 4 is 0 Å². The molecule has 0 unspecified atom stereocenters. The number of hydrogen-bond acceptors (Lipinski definition) is 3. The molecule has 1 N–H and O–H groups in total. The molecule has 2 aromatic rings. The Bertz CT molecular complexity index is 567. The van der Waals surface area contributed by atoms with Gasteiger partial charge in [-0.05, 0) is 49.2 Å². The number of nitrogens with zero attached hydrogens (tertiary/aromatic N) is 1. The van der Waals surface area contributed by atoms with Gasteiger partial charge in [-0.1, -0.05) is 32.0 Å². The number of nitrogens with one attached hydrogen (secondary N) is 1. The maximum Gasteiger partial charge on any atom is 0.130 e. The Kier molecular flexibility index (Phi) is 5.76. The third-order valence-electron chi connectivity index (χ3n) is 3.10. The molecule has 1 aromatic heterocycles. The molecule has 0 aliphatic carbocycles. The van der Waals surface area contributed by atoms with E-state index in [2.05, 4.69) is 37.1 Å². The van der Waals surface area contributed by atoms with Crippen molar-refractivity contribution in [2.45, 2.75) is 33.9 Å². The smallest absolute Gasteiger partial charge is 0.130 e. The fourth-order valence-corrected chi connectivity index (χ4v) is 2.06. The summed E-state index contributed by atoms with van der Waals surface area (Å²) in [5.74, 6) is 1.54. The van der Waals surface area contributed by atoms with Crippen molar-refractivity contribution in [2.75, 3.05) is 6.54 Å². The number of aryl methyl sites for hydroxylation is 1. The number of aromatic nitrogens is 1. The molecule has 3 heteroatoms. The molecule has 1 heterocycles. The van der Waals surface area contributed by atoms with Crippen LogP contribution < -0.4 is 10.1 Å². The average molecular weight is 284 g/mol. The topological polar surface area (TPSA) is 34.1 Å². The maximum atomic E-state index is 5.79. The second-order valence-electron chi connectivity index (χ2n) is 5.75. The zero-order valence-corrected chi connectivity index (χ0v) is 13.1. The zero-order chi connectivity index (χ0) is 15.1. The maximum absolute atomic E-state index is 5.79. The Morgan fingerprint density at radius 2 is 1.86 bits per heavy atom. The Hall–Kier alpha value is -1.87. The fraction of sp³-hybridized carbons (Fsp3) is 0.389. The van der Waals surface area contributed by atoms with Crippen LogP contribution in [0.3, 0.4) is 0 Å². The second kappa shape index (κ2) is 7.79. The molecular weight excluding hydrogens is 260 g/mol. The van der Waals surface area contributed by atoms with Crippen LogP contribution in [0.4, 0.5) is 0 Å². The molecule has 0 spiro atoms. The molecule has 0 saturated carbocycles. The van der Waals surface area contributed by atoms with E-state index >= 15 is 0 Å². The molecular formula is C18H24N2O. The lowest BCUT2D eigenvalue weighted by molar-refractivity contribution is 0.300. The van der Waals surface area contributed by atoms with Crippen LogP contribution in [0.1, 0.15) is 30.8 Å². The number of rotatable bonds is 7. The molecule has 0 aliphatic rings. The molecule has 0 radical (unpaired) electrons. The van der Waals surface area contributed by atoms with Crippen molar-refractivity contribution < 1.29 is 4.74 Å². The van der Waals surface area contributed by atoms with Crippen LogP contribution in [-0.2, 0) is 13.2 Å². The summed E-state index contributed by atoms with van der Waals surface area (Å²) in [5.41, 5.74) is 3.22. The van der Waals surface area contributed by atoms with Gasteiger partial charge in [0.1, 0.15) is 12.4 Å². The normalized spacial score (nSPS) is 10.9. The van der Waals surface area contributed by atoms with Crippen LogP contribution in [0.5, 0.6) is 5.75 Å². The number of benzene rings is 1. The van der Waals surface area contributed by atoms with Crippen molar-refractivity contribution in [3.63, 3.8) is 0 Å². The first kappa shape index (κ1) is 15.5. The van der Waals surface area contributed by atoms with Gasteiger partial charge in [0, 0.05) is 6.54 Å². The van der Waals surface area contributed by atoms with Gasteiger partial charge in [0.05, 0.1) is 11.4 Å². The monoisotopic (exact) mass is 284 g/mol. The molecule has 3 nitrogen and oxygen atoms in total. The molecule has 0 aliphatic heterocycles. The minimum absolute atomic E-state index is 0.501. The summed E-state index contributed by atoms with van der Waals surface area (Å²) in [7, 11) is 0. The Morgan fingerprint density at radius 1 is 1.10 bits per heavy atom. The number of hydrogen-bond donors (Lipinski definition) is 1. The Morgan fingerprint density at radius 3 is 2.62 bits per heavy atom. The predicted molar refractivity (Wildman–Crippen MR) is 86.3 cm³/mol. The summed E-state index contributed by atoms with van der Waals surface area (Å²) in [6.07, 6.45) is 0. The molecule has 21 heavy (non-hydrogen) atoms. The number of pyridine rings is 1. The van der Waals surface area contributed by atoms with Crippen LogP contribution in [0.2, 0.25) is 0 Å². The highest BCUT2D eigenvalue weighted by atomic mass is 16.5. The zero-order valence-electron chi connectivity index (χ0n) is 13.1. The summed E-state index contributed by atoms with van der Waals surface area (Å²) >= 11 is 0. The predicted octanol–water partition coefficient (Wildman–Crippen LogP) is 3.71. The highest BCUT2D eigenvalue weighted by Crippen LogP contribution is 2.14. The van der Waals surface area contributed by atoms with Gasteiger partial charge in [-0.15, -0.1) is 0 Å². The molecule has 0 saturated heterocycles. The first-order chi connectivity index (χ1) is 10.1. The first-order valence-corrected chi connectivity index (χ1v) is 7.48. The fourth-order valence-electron chi connectivity index (χ4n) is 2.06. The first-order valence-electron chi connectivity index (χ1n) is 7.48. The minimum atomic E-state index is 0.501. The van der Waals surface area contributed by atoms with Crippen molar-refractivity contribution in [3.05, 3.63) is 59.4 Å². The molecule has 0 atom stereocenters. The Labute approximate surface area is 127 Å². The molecule has 0 bridgehead atoms. The van der Waals surface area contributed by atoms with Crippen LogP contribution in [0.25, 0.3) is 0 Å². The van der Waals surface area contributed by atoms with Crippen molar-refractivity contribution in [1.82, 2.24) is 10.3 Å². The molecule has 112 valence electrons. The van der Waals surface area contributed by atoms with E-state index < -0.39 is 0 Å². The molecule has 2 rings (SSSR count). The summed E-state index contributed by atoms with van der Waals surface area (Å²) in [4.78, 5) is 4.62. The highest BCUT2D eigenvalue weighted by Gasteiger charge is 2.01. The lowest BCUT2D eigenvalue weighted by Gasteiger charge is -2.09. The third-order valence-corrected chi connectivity index (χ3v) is 3.10. The quantitative estimate of drug-likeness (QED) is 0.841. The minimum Gasteiger partial charge on any atom is -0.487 e. The highest BCUT2D eigenvalue weighted by molar-refractivity contribution is 5.27. The van der Waals surface area contributed by atoms with Gasteiger partial charge in [-0.25, -0.2) is 0 Å². The van der Waals surface area contributed by atoms with Gasteiger partial charge in [-0.2, -0.15) is 0 Å². The summed E-state index contributed by atoms with van der Waals surface area (Å²) in [5, 5.41) is 3.41. The van der Waals surface area contributed by atoms with E-state index in [4.69, 9.17) is 4.74 Å². The van der Waals surface area contributed by atoms with Gasteiger partial charge < -0.3 is 10.1 Å². The molecule has 0 fully saturated rings. The van der Waals surface area contributed by atoms with Gasteiger partial charge in [0.15, 0.2) is 0 Å². The van der Waals surface area contributed by atoms with E-state index in [1.165, 1.54) is 5.56 Å². The van der Waals surface area contributed by atoms with E-state index in [1.807, 2.05) is 36.4 Å². The Balaban J connectivity index is 1.88. The van der Waals surface area contributed by atoms with Crippen LogP contribution in [0.15, 0.2) is 42.5 Å². The lowest BCUT2D eigenvalue weighted by Crippen LogP contribution is -2.19. The van der Waals surface area contributed by atoms with Crippen molar-refractivity contribution in [2.24, 2.45) is 5.92 Å². The van der Waals surface area contributed by atoms with Gasteiger partial charge in [0.25, 0.3) is 0 Å². The van der Waals surface area contributed by atoms with Crippen LogP contribution in [-0.4, -0.2) is 11.5 Å². The summed E-state index contributed by atoms with van der Waals surface area (Å²) < 4.78 is 5.79.